The van der Waals surface area contributed by atoms with Gasteiger partial charge in [0.25, 0.3) is 0 Å². The number of sulfonamides is 1. The van der Waals surface area contributed by atoms with Crippen LogP contribution in [0.25, 0.3) is 0 Å². The summed E-state index contributed by atoms with van der Waals surface area (Å²) in [5.74, 6) is 0.502. The predicted octanol–water partition coefficient (Wildman–Crippen LogP) is 3.53. The third kappa shape index (κ3) is 3.85. The predicted molar refractivity (Wildman–Crippen MR) is 85.7 cm³/mol. The first-order valence-corrected chi connectivity index (χ1v) is 9.78. The van der Waals surface area contributed by atoms with E-state index in [0.29, 0.717) is 29.5 Å². The lowest BCUT2D eigenvalue weighted by atomic mass is 9.99. The molecule has 21 heavy (non-hydrogen) atoms. The van der Waals surface area contributed by atoms with Crippen LogP contribution in [0.5, 0.6) is 0 Å². The van der Waals surface area contributed by atoms with Crippen molar-refractivity contribution < 1.29 is 12.8 Å². The average Bonchev–Trinajstić information content (AvgIpc) is 2.82. The van der Waals surface area contributed by atoms with Gasteiger partial charge in [-0.15, -0.1) is 0 Å². The van der Waals surface area contributed by atoms with Gasteiger partial charge in [-0.05, 0) is 61.8 Å². The zero-order valence-electron chi connectivity index (χ0n) is 12.3. The maximum Gasteiger partial charge on any atom is 0.241 e. The normalized spacial score (nSPS) is 22.7. The number of aryl methyl sites for hydroxylation is 2. The molecule has 1 N–H and O–H groups in total. The number of hydrogen-bond donors (Lipinski definition) is 1. The average molecular weight is 378 g/mol. The van der Waals surface area contributed by atoms with E-state index >= 15 is 0 Å². The van der Waals surface area contributed by atoms with E-state index in [1.807, 2.05) is 0 Å². The van der Waals surface area contributed by atoms with Crippen molar-refractivity contribution in [1.29, 1.82) is 0 Å². The highest BCUT2D eigenvalue weighted by Crippen LogP contribution is 2.33. The lowest BCUT2D eigenvalue weighted by Gasteiger charge is -2.19. The van der Waals surface area contributed by atoms with E-state index in [4.69, 9.17) is 0 Å². The second-order valence-electron chi connectivity index (χ2n) is 5.83. The van der Waals surface area contributed by atoms with Crippen LogP contribution in [-0.4, -0.2) is 20.3 Å². The lowest BCUT2D eigenvalue weighted by molar-refractivity contribution is 0.422. The minimum absolute atomic E-state index is 0.206. The fourth-order valence-corrected chi connectivity index (χ4v) is 5.59. The van der Waals surface area contributed by atoms with Gasteiger partial charge in [-0.25, -0.2) is 17.5 Å². The molecule has 1 aromatic rings. The Morgan fingerprint density at radius 3 is 2.38 bits per heavy atom. The van der Waals surface area contributed by atoms with Crippen molar-refractivity contribution in [2.75, 3.05) is 11.9 Å². The van der Waals surface area contributed by atoms with Crippen LogP contribution < -0.4 is 4.72 Å². The Morgan fingerprint density at radius 2 is 1.81 bits per heavy atom. The topological polar surface area (TPSA) is 46.2 Å². The third-order valence-electron chi connectivity index (χ3n) is 4.24. The van der Waals surface area contributed by atoms with Gasteiger partial charge in [0.1, 0.15) is 5.82 Å². The minimum atomic E-state index is -3.59. The fourth-order valence-electron chi connectivity index (χ4n) is 3.20. The zero-order valence-corrected chi connectivity index (χ0v) is 14.7. The molecule has 1 fully saturated rings. The summed E-state index contributed by atoms with van der Waals surface area (Å²) in [6.45, 7) is 3.71. The first kappa shape index (κ1) is 16.9. The monoisotopic (exact) mass is 377 g/mol. The highest BCUT2D eigenvalue weighted by molar-refractivity contribution is 9.09. The molecule has 1 aliphatic carbocycles. The molecule has 1 aliphatic rings. The van der Waals surface area contributed by atoms with Gasteiger partial charge < -0.3 is 0 Å². The van der Waals surface area contributed by atoms with Crippen molar-refractivity contribution in [1.82, 2.24) is 4.72 Å². The van der Waals surface area contributed by atoms with Crippen LogP contribution in [0, 0.1) is 31.5 Å². The quantitative estimate of drug-likeness (QED) is 0.797. The van der Waals surface area contributed by atoms with E-state index < -0.39 is 15.8 Å². The SMILES string of the molecule is Cc1cc(F)cc(C)c1S(=O)(=O)NCC1CCCC1CBr. The lowest BCUT2D eigenvalue weighted by Crippen LogP contribution is -2.32. The molecule has 6 heteroatoms. The molecule has 1 aromatic carbocycles. The molecule has 2 atom stereocenters. The summed E-state index contributed by atoms with van der Waals surface area (Å²) in [4.78, 5) is 0.206. The van der Waals surface area contributed by atoms with Gasteiger partial charge in [0.15, 0.2) is 0 Å². The van der Waals surface area contributed by atoms with E-state index in [-0.39, 0.29) is 4.90 Å². The van der Waals surface area contributed by atoms with Crippen LogP contribution in [0.2, 0.25) is 0 Å². The first-order valence-electron chi connectivity index (χ1n) is 7.17. The molecule has 0 saturated heterocycles. The van der Waals surface area contributed by atoms with Gasteiger partial charge in [-0.2, -0.15) is 0 Å². The summed E-state index contributed by atoms with van der Waals surface area (Å²) >= 11 is 3.49. The third-order valence-corrected chi connectivity index (χ3v) is 6.80. The van der Waals surface area contributed by atoms with Crippen LogP contribution in [-0.2, 0) is 10.0 Å². The molecule has 0 aromatic heterocycles. The van der Waals surface area contributed by atoms with Gasteiger partial charge in [0.05, 0.1) is 4.90 Å². The molecular formula is C15H21BrFNO2S. The Balaban J connectivity index is 2.16. The van der Waals surface area contributed by atoms with Crippen molar-refractivity contribution in [3.8, 4) is 0 Å². The number of halogens is 2. The first-order chi connectivity index (χ1) is 9.85. The summed E-state index contributed by atoms with van der Waals surface area (Å²) in [6, 6.07) is 2.52. The molecule has 2 unspecified atom stereocenters. The van der Waals surface area contributed by atoms with Gasteiger partial charge in [-0.1, -0.05) is 22.4 Å². The molecule has 0 radical (unpaired) electrons. The van der Waals surface area contributed by atoms with E-state index in [0.717, 1.165) is 24.6 Å². The number of hydrogen-bond acceptors (Lipinski definition) is 2. The van der Waals surface area contributed by atoms with Crippen molar-refractivity contribution in [2.24, 2.45) is 11.8 Å². The number of benzene rings is 1. The standard InChI is InChI=1S/C15H21BrFNO2S/c1-10-6-14(17)7-11(2)15(10)21(19,20)18-9-13-5-3-4-12(13)8-16/h6-7,12-13,18H,3-5,8-9H2,1-2H3. The van der Waals surface area contributed by atoms with Crippen molar-refractivity contribution >= 4 is 26.0 Å². The smallest absolute Gasteiger partial charge is 0.211 e. The highest BCUT2D eigenvalue weighted by Gasteiger charge is 2.28. The van der Waals surface area contributed by atoms with Crippen molar-refractivity contribution in [2.45, 2.75) is 38.0 Å². The van der Waals surface area contributed by atoms with Crippen LogP contribution in [0.1, 0.15) is 30.4 Å². The summed E-state index contributed by atoms with van der Waals surface area (Å²) in [5, 5.41) is 0.911. The summed E-state index contributed by atoms with van der Waals surface area (Å²) in [7, 11) is -3.59. The second kappa shape index (κ2) is 6.75. The Hall–Kier alpha value is -0.460. The van der Waals surface area contributed by atoms with Crippen LogP contribution in [0.15, 0.2) is 17.0 Å². The summed E-state index contributed by atoms with van der Waals surface area (Å²) < 4.78 is 41.0. The van der Waals surface area contributed by atoms with E-state index in [1.54, 1.807) is 13.8 Å². The van der Waals surface area contributed by atoms with Gasteiger partial charge in [0, 0.05) is 11.9 Å². The van der Waals surface area contributed by atoms with E-state index in [2.05, 4.69) is 20.7 Å². The summed E-state index contributed by atoms with van der Waals surface area (Å²) in [6.07, 6.45) is 3.35. The second-order valence-corrected chi connectivity index (χ2v) is 8.18. The Labute approximate surface area is 134 Å². The maximum absolute atomic E-state index is 13.3. The zero-order chi connectivity index (χ0) is 15.6. The molecule has 0 amide bonds. The van der Waals surface area contributed by atoms with Gasteiger partial charge in [0.2, 0.25) is 10.0 Å². The molecule has 0 aliphatic heterocycles. The molecule has 2 rings (SSSR count). The van der Waals surface area contributed by atoms with E-state index in [9.17, 15) is 12.8 Å². The Kier molecular flexibility index (Phi) is 5.43. The van der Waals surface area contributed by atoms with Crippen molar-refractivity contribution in [3.63, 3.8) is 0 Å². The number of nitrogens with one attached hydrogen (secondary N) is 1. The minimum Gasteiger partial charge on any atom is -0.211 e. The van der Waals surface area contributed by atoms with Crippen molar-refractivity contribution in [3.05, 3.63) is 29.1 Å². The molecule has 0 spiro atoms. The van der Waals surface area contributed by atoms with E-state index in [1.165, 1.54) is 12.1 Å². The molecule has 3 nitrogen and oxygen atoms in total. The molecule has 0 heterocycles. The molecule has 1 saturated carbocycles. The van der Waals surface area contributed by atoms with Crippen LogP contribution >= 0.6 is 15.9 Å². The summed E-state index contributed by atoms with van der Waals surface area (Å²) in [5.41, 5.74) is 0.895. The number of rotatable bonds is 5. The molecule has 0 bridgehead atoms. The van der Waals surface area contributed by atoms with Crippen LogP contribution in [0.4, 0.5) is 4.39 Å². The highest BCUT2D eigenvalue weighted by atomic mass is 79.9. The largest absolute Gasteiger partial charge is 0.241 e. The fraction of sp³-hybridized carbons (Fsp3) is 0.600. The maximum atomic E-state index is 13.3. The molecular weight excluding hydrogens is 357 g/mol. The van der Waals surface area contributed by atoms with Gasteiger partial charge in [-0.3, -0.25) is 0 Å². The Morgan fingerprint density at radius 1 is 1.24 bits per heavy atom. The molecule has 118 valence electrons. The van der Waals surface area contributed by atoms with Crippen LogP contribution in [0.3, 0.4) is 0 Å². The number of alkyl halides is 1. The van der Waals surface area contributed by atoms with Gasteiger partial charge >= 0.3 is 0 Å². The Bertz CT molecular complexity index is 595.